The molecule has 0 aliphatic heterocycles. The van der Waals surface area contributed by atoms with Gasteiger partial charge in [0.2, 0.25) is 0 Å². The van der Waals surface area contributed by atoms with Crippen molar-refractivity contribution >= 4 is 5.78 Å². The predicted molar refractivity (Wildman–Crippen MR) is 51.6 cm³/mol. The Morgan fingerprint density at radius 3 is 2.33 bits per heavy atom. The zero-order chi connectivity index (χ0) is 11.9. The van der Waals surface area contributed by atoms with Gasteiger partial charge in [0.05, 0.1) is 5.92 Å². The molecule has 0 amide bonds. The molecule has 1 saturated carbocycles. The summed E-state index contributed by atoms with van der Waals surface area (Å²) in [6, 6.07) is 0. The van der Waals surface area contributed by atoms with E-state index in [9.17, 15) is 18.0 Å². The van der Waals surface area contributed by atoms with Crippen LogP contribution in [0, 0.1) is 11.8 Å². The van der Waals surface area contributed by atoms with E-state index >= 15 is 0 Å². The Balaban J connectivity index is 2.92. The molecule has 0 spiro atoms. The molecule has 1 aliphatic carbocycles. The second-order valence-electron chi connectivity index (χ2n) is 4.64. The first-order valence-corrected chi connectivity index (χ1v) is 5.28. The Hall–Kier alpha value is -0.540. The number of carbonyl (C=O) groups is 1. The molecule has 0 aromatic rings. The number of hydrogen-bond acceptors (Lipinski definition) is 1. The number of alkyl halides is 3. The summed E-state index contributed by atoms with van der Waals surface area (Å²) in [4.78, 5) is 11.1. The molecule has 0 aromatic carbocycles. The fourth-order valence-corrected chi connectivity index (χ4v) is 2.49. The van der Waals surface area contributed by atoms with Gasteiger partial charge in [-0.3, -0.25) is 4.79 Å². The van der Waals surface area contributed by atoms with Crippen molar-refractivity contribution in [3.8, 4) is 0 Å². The lowest BCUT2D eigenvalue weighted by atomic mass is 9.86. The highest BCUT2D eigenvalue weighted by Gasteiger charge is 2.56. The van der Waals surface area contributed by atoms with E-state index in [1.54, 1.807) is 6.92 Å². The number of hydrogen-bond donors (Lipinski definition) is 0. The molecule has 0 aromatic heterocycles. The number of carbonyl (C=O) groups excluding carboxylic acids is 1. The van der Waals surface area contributed by atoms with Crippen molar-refractivity contribution in [3.63, 3.8) is 0 Å². The van der Waals surface area contributed by atoms with E-state index in [1.165, 1.54) is 6.92 Å². The van der Waals surface area contributed by atoms with Gasteiger partial charge in [-0.05, 0) is 33.1 Å². The molecular formula is C11H17F3O. The van der Waals surface area contributed by atoms with Crippen molar-refractivity contribution in [2.75, 3.05) is 0 Å². The van der Waals surface area contributed by atoms with E-state index in [0.29, 0.717) is 0 Å². The maximum absolute atomic E-state index is 14.2. The summed E-state index contributed by atoms with van der Waals surface area (Å²) < 4.78 is 40.6. The Kier molecular flexibility index (Phi) is 3.17. The third-order valence-corrected chi connectivity index (χ3v) is 3.51. The highest BCUT2D eigenvalue weighted by molar-refractivity contribution is 5.78. The minimum absolute atomic E-state index is 0.0246. The van der Waals surface area contributed by atoms with Crippen molar-refractivity contribution < 1.29 is 18.0 Å². The van der Waals surface area contributed by atoms with Crippen molar-refractivity contribution in [2.45, 2.75) is 51.6 Å². The Morgan fingerprint density at radius 1 is 1.53 bits per heavy atom. The molecule has 0 bridgehead atoms. The smallest absolute Gasteiger partial charge is 0.251 e. The molecule has 0 heterocycles. The molecule has 1 nitrogen and oxygen atoms in total. The van der Waals surface area contributed by atoms with Crippen LogP contribution in [0.1, 0.15) is 40.0 Å². The topological polar surface area (TPSA) is 17.1 Å². The van der Waals surface area contributed by atoms with Crippen LogP contribution < -0.4 is 0 Å². The molecule has 4 heteroatoms. The molecule has 88 valence electrons. The molecule has 3 unspecified atom stereocenters. The minimum atomic E-state index is -3.05. The molecule has 0 saturated heterocycles. The first-order valence-electron chi connectivity index (χ1n) is 5.28. The van der Waals surface area contributed by atoms with Crippen LogP contribution >= 0.6 is 0 Å². The van der Waals surface area contributed by atoms with Gasteiger partial charge in [-0.2, -0.15) is 0 Å². The molecule has 1 fully saturated rings. The van der Waals surface area contributed by atoms with E-state index in [4.69, 9.17) is 0 Å². The Bertz CT molecular complexity index is 259. The Labute approximate surface area is 88.0 Å². The normalized spacial score (nSPS) is 36.9. The highest BCUT2D eigenvalue weighted by Crippen LogP contribution is 2.51. The van der Waals surface area contributed by atoms with Gasteiger partial charge in [0.15, 0.2) is 0 Å². The number of Topliss-reactive ketones (excluding diaryl/α,β-unsaturated/α-hetero) is 1. The third-order valence-electron chi connectivity index (χ3n) is 3.51. The molecule has 0 N–H and O–H groups in total. The largest absolute Gasteiger partial charge is 0.300 e. The summed E-state index contributed by atoms with van der Waals surface area (Å²) in [6.45, 7) is 3.64. The average molecular weight is 222 g/mol. The van der Waals surface area contributed by atoms with Gasteiger partial charge in [0.1, 0.15) is 11.5 Å². The van der Waals surface area contributed by atoms with Gasteiger partial charge in [-0.15, -0.1) is 0 Å². The van der Waals surface area contributed by atoms with E-state index in [2.05, 4.69) is 0 Å². The van der Waals surface area contributed by atoms with E-state index in [-0.39, 0.29) is 25.0 Å². The number of halogens is 3. The van der Waals surface area contributed by atoms with Gasteiger partial charge >= 0.3 is 0 Å². The van der Waals surface area contributed by atoms with Crippen LogP contribution in [0.5, 0.6) is 0 Å². The first kappa shape index (κ1) is 12.5. The van der Waals surface area contributed by atoms with Crippen LogP contribution in [0.15, 0.2) is 0 Å². The summed E-state index contributed by atoms with van der Waals surface area (Å²) in [5.74, 6) is -5.08. The van der Waals surface area contributed by atoms with Crippen LogP contribution in [0.3, 0.4) is 0 Å². The van der Waals surface area contributed by atoms with Crippen molar-refractivity contribution in [1.29, 1.82) is 0 Å². The predicted octanol–water partition coefficient (Wildman–Crippen LogP) is 3.38. The molecule has 3 atom stereocenters. The van der Waals surface area contributed by atoms with Crippen molar-refractivity contribution in [2.24, 2.45) is 11.8 Å². The van der Waals surface area contributed by atoms with Crippen LogP contribution in [0.4, 0.5) is 13.2 Å². The van der Waals surface area contributed by atoms with Gasteiger partial charge in [-0.1, -0.05) is 6.92 Å². The molecule has 15 heavy (non-hydrogen) atoms. The fraction of sp³-hybridized carbons (Fsp3) is 0.909. The molecule has 1 aliphatic rings. The Morgan fingerprint density at radius 2 is 2.07 bits per heavy atom. The lowest BCUT2D eigenvalue weighted by Crippen LogP contribution is -2.38. The summed E-state index contributed by atoms with van der Waals surface area (Å²) in [5, 5.41) is 0. The summed E-state index contributed by atoms with van der Waals surface area (Å²) in [5.41, 5.74) is -1.88. The zero-order valence-electron chi connectivity index (χ0n) is 9.32. The van der Waals surface area contributed by atoms with Crippen LogP contribution in [-0.2, 0) is 4.79 Å². The van der Waals surface area contributed by atoms with Crippen molar-refractivity contribution in [1.82, 2.24) is 0 Å². The fourth-order valence-electron chi connectivity index (χ4n) is 2.49. The lowest BCUT2D eigenvalue weighted by Gasteiger charge is -2.30. The summed E-state index contributed by atoms with van der Waals surface area (Å²) >= 11 is 0. The van der Waals surface area contributed by atoms with Crippen LogP contribution in [0.2, 0.25) is 0 Å². The summed E-state index contributed by atoms with van der Waals surface area (Å²) in [7, 11) is 0. The second kappa shape index (κ2) is 3.80. The molecule has 1 rings (SSSR count). The highest BCUT2D eigenvalue weighted by atomic mass is 19.3. The van der Waals surface area contributed by atoms with Gasteiger partial charge in [0, 0.05) is 5.92 Å². The number of rotatable bonds is 3. The maximum atomic E-state index is 14.2. The number of ketones is 1. The SMILES string of the molecule is CCC1(F)CC(C(C)=O)CC1C(C)(F)F. The van der Waals surface area contributed by atoms with Crippen LogP contribution in [-0.4, -0.2) is 17.4 Å². The third kappa shape index (κ3) is 2.34. The van der Waals surface area contributed by atoms with Crippen molar-refractivity contribution in [3.05, 3.63) is 0 Å². The van der Waals surface area contributed by atoms with Gasteiger partial charge in [-0.25, -0.2) is 13.2 Å². The maximum Gasteiger partial charge on any atom is 0.251 e. The minimum Gasteiger partial charge on any atom is -0.300 e. The van der Waals surface area contributed by atoms with Gasteiger partial charge in [0.25, 0.3) is 5.92 Å². The first-order chi connectivity index (χ1) is 6.70. The quantitative estimate of drug-likeness (QED) is 0.715. The van der Waals surface area contributed by atoms with Gasteiger partial charge < -0.3 is 0 Å². The van der Waals surface area contributed by atoms with E-state index in [0.717, 1.165) is 6.92 Å². The standard InChI is InChI=1S/C11H17F3O/c1-4-11(14)6-8(7(2)15)5-9(11)10(3,12)13/h8-9H,4-6H2,1-3H3. The zero-order valence-corrected chi connectivity index (χ0v) is 9.32. The molecule has 0 radical (unpaired) electrons. The second-order valence-corrected chi connectivity index (χ2v) is 4.64. The molecular weight excluding hydrogens is 205 g/mol. The van der Waals surface area contributed by atoms with E-state index < -0.39 is 23.4 Å². The van der Waals surface area contributed by atoms with E-state index in [1.807, 2.05) is 0 Å². The lowest BCUT2D eigenvalue weighted by molar-refractivity contribution is -0.120. The monoisotopic (exact) mass is 222 g/mol. The summed E-state index contributed by atoms with van der Waals surface area (Å²) in [6.07, 6.45) is -0.0268. The average Bonchev–Trinajstić information content (AvgIpc) is 2.44. The van der Waals surface area contributed by atoms with Crippen LogP contribution in [0.25, 0.3) is 0 Å².